The van der Waals surface area contributed by atoms with Crippen LogP contribution in [0.2, 0.25) is 0 Å². The van der Waals surface area contributed by atoms with Gasteiger partial charge in [0.05, 0.1) is 13.2 Å². The van der Waals surface area contributed by atoms with Crippen molar-refractivity contribution >= 4 is 10.2 Å². The van der Waals surface area contributed by atoms with Gasteiger partial charge >= 0.3 is 0 Å². The lowest BCUT2D eigenvalue weighted by molar-refractivity contribution is 0.0790. The van der Waals surface area contributed by atoms with Crippen LogP contribution in [0.1, 0.15) is 0 Å². The predicted octanol–water partition coefficient (Wildman–Crippen LogP) is -1.92. The van der Waals surface area contributed by atoms with E-state index in [1.807, 2.05) is 0 Å². The minimum absolute atomic E-state index is 0.0446. The van der Waals surface area contributed by atoms with Gasteiger partial charge in [0.25, 0.3) is 10.2 Å². The molecule has 1 rings (SSSR count). The molecule has 0 unspecified atom stereocenters. The maximum absolute atomic E-state index is 11.1. The summed E-state index contributed by atoms with van der Waals surface area (Å²) >= 11 is 0. The molecule has 0 aliphatic carbocycles. The Morgan fingerprint density at radius 3 is 2.57 bits per heavy atom. The molecule has 7 nitrogen and oxygen atoms in total. The van der Waals surface area contributed by atoms with Crippen molar-refractivity contribution in [3.63, 3.8) is 0 Å². The molecule has 1 heterocycles. The van der Waals surface area contributed by atoms with E-state index in [0.717, 1.165) is 4.41 Å². The second-order valence-electron chi connectivity index (χ2n) is 2.95. The Kier molecular flexibility index (Phi) is 3.32. The monoisotopic (exact) mass is 222 g/mol. The van der Waals surface area contributed by atoms with E-state index >= 15 is 0 Å². The number of aliphatic hydroxyl groups excluding tert-OH is 1. The average Bonchev–Trinajstić information content (AvgIpc) is 2.45. The Morgan fingerprint density at radius 2 is 2.21 bits per heavy atom. The fourth-order valence-corrected chi connectivity index (χ4v) is 1.88. The third-order valence-electron chi connectivity index (χ3n) is 1.73. The van der Waals surface area contributed by atoms with Gasteiger partial charge in [-0.3, -0.25) is 5.01 Å². The van der Waals surface area contributed by atoms with Crippen molar-refractivity contribution in [2.75, 3.05) is 26.9 Å². The number of hydrogen-bond donors (Lipinski definition) is 2. The van der Waals surface area contributed by atoms with Crippen LogP contribution >= 0.6 is 0 Å². The third-order valence-corrected chi connectivity index (χ3v) is 2.71. The molecule has 0 aromatic heterocycles. The molecule has 0 saturated heterocycles. The van der Waals surface area contributed by atoms with Crippen LogP contribution in [-0.2, 0) is 10.2 Å². The van der Waals surface area contributed by atoms with Crippen LogP contribution in [0.3, 0.4) is 0 Å². The van der Waals surface area contributed by atoms with E-state index in [2.05, 4.69) is 0 Å². The summed E-state index contributed by atoms with van der Waals surface area (Å²) in [4.78, 5) is 1.79. The van der Waals surface area contributed by atoms with E-state index in [4.69, 9.17) is 10.2 Å². The number of rotatable bonds is 4. The van der Waals surface area contributed by atoms with Crippen molar-refractivity contribution in [2.24, 2.45) is 5.14 Å². The van der Waals surface area contributed by atoms with Crippen LogP contribution in [0.15, 0.2) is 12.4 Å². The van der Waals surface area contributed by atoms with Crippen molar-refractivity contribution in [1.82, 2.24) is 14.3 Å². The first-order chi connectivity index (χ1) is 6.45. The third kappa shape index (κ3) is 2.58. The molecule has 0 fully saturated rings. The second-order valence-corrected chi connectivity index (χ2v) is 4.40. The first kappa shape index (κ1) is 11.2. The molecule has 14 heavy (non-hydrogen) atoms. The minimum atomic E-state index is -3.81. The van der Waals surface area contributed by atoms with Gasteiger partial charge in [-0.15, -0.1) is 0 Å². The van der Waals surface area contributed by atoms with Gasteiger partial charge < -0.3 is 10.0 Å². The normalized spacial score (nSPS) is 17.1. The highest BCUT2D eigenvalue weighted by Gasteiger charge is 2.25. The molecule has 0 radical (unpaired) electrons. The highest BCUT2D eigenvalue weighted by molar-refractivity contribution is 7.86. The fraction of sp³-hybridized carbons (Fsp3) is 0.667. The quantitative estimate of drug-likeness (QED) is 0.578. The molecule has 1 aliphatic rings. The largest absolute Gasteiger partial charge is 0.395 e. The van der Waals surface area contributed by atoms with E-state index in [9.17, 15) is 8.42 Å². The SMILES string of the molecule is CN1C=CN(N(CCO)S(N)(=O)=O)C1. The molecule has 0 bridgehead atoms. The van der Waals surface area contributed by atoms with Crippen LogP contribution in [0.5, 0.6) is 0 Å². The number of hydrazine groups is 1. The average molecular weight is 222 g/mol. The summed E-state index contributed by atoms with van der Waals surface area (Å²) in [6.45, 7) is 0.0813. The van der Waals surface area contributed by atoms with Crippen LogP contribution < -0.4 is 5.14 Å². The molecule has 82 valence electrons. The van der Waals surface area contributed by atoms with E-state index in [0.29, 0.717) is 6.67 Å². The topological polar surface area (TPSA) is 90.1 Å². The van der Waals surface area contributed by atoms with Crippen LogP contribution in [0.4, 0.5) is 0 Å². The molecule has 0 amide bonds. The predicted molar refractivity (Wildman–Crippen MR) is 50.5 cm³/mol. The van der Waals surface area contributed by atoms with Gasteiger partial charge in [-0.05, 0) is 0 Å². The zero-order chi connectivity index (χ0) is 10.8. The van der Waals surface area contributed by atoms with E-state index in [-0.39, 0.29) is 13.2 Å². The summed E-state index contributed by atoms with van der Waals surface area (Å²) in [6.07, 6.45) is 3.30. The van der Waals surface area contributed by atoms with Gasteiger partial charge in [0.1, 0.15) is 6.67 Å². The summed E-state index contributed by atoms with van der Waals surface area (Å²) in [5.41, 5.74) is 0. The van der Waals surface area contributed by atoms with Gasteiger partial charge in [0.15, 0.2) is 0 Å². The van der Waals surface area contributed by atoms with Crippen molar-refractivity contribution in [3.8, 4) is 0 Å². The molecule has 0 aromatic carbocycles. The van der Waals surface area contributed by atoms with Crippen molar-refractivity contribution in [2.45, 2.75) is 0 Å². The first-order valence-corrected chi connectivity index (χ1v) is 5.52. The van der Waals surface area contributed by atoms with E-state index in [1.165, 1.54) is 5.01 Å². The molecule has 0 atom stereocenters. The van der Waals surface area contributed by atoms with Crippen LogP contribution in [-0.4, -0.2) is 54.7 Å². The second kappa shape index (κ2) is 4.13. The summed E-state index contributed by atoms with van der Waals surface area (Å²) in [7, 11) is -2.01. The van der Waals surface area contributed by atoms with Crippen LogP contribution in [0.25, 0.3) is 0 Å². The summed E-state index contributed by atoms with van der Waals surface area (Å²) in [6, 6.07) is 0. The Bertz CT molecular complexity index is 315. The van der Waals surface area contributed by atoms with Gasteiger partial charge in [-0.25, -0.2) is 5.14 Å². The zero-order valence-corrected chi connectivity index (χ0v) is 8.68. The summed E-state index contributed by atoms with van der Waals surface area (Å²) in [5, 5.41) is 15.1. The van der Waals surface area contributed by atoms with Crippen molar-refractivity contribution < 1.29 is 13.5 Å². The van der Waals surface area contributed by atoms with E-state index in [1.54, 1.807) is 24.3 Å². The van der Waals surface area contributed by atoms with Gasteiger partial charge in [-0.2, -0.15) is 8.42 Å². The molecule has 0 saturated carbocycles. The molecule has 8 heteroatoms. The Labute approximate surface area is 83.1 Å². The highest BCUT2D eigenvalue weighted by Crippen LogP contribution is 2.09. The van der Waals surface area contributed by atoms with E-state index < -0.39 is 10.2 Å². The molecule has 0 aromatic rings. The minimum Gasteiger partial charge on any atom is -0.395 e. The maximum Gasteiger partial charge on any atom is 0.294 e. The summed E-state index contributed by atoms with van der Waals surface area (Å²) < 4.78 is 23.2. The Hall–Kier alpha value is -0.830. The Balaban J connectivity index is 2.75. The molecule has 1 aliphatic heterocycles. The van der Waals surface area contributed by atoms with Crippen LogP contribution in [0, 0.1) is 0 Å². The fourth-order valence-electron chi connectivity index (χ4n) is 1.15. The lowest BCUT2D eigenvalue weighted by atomic mass is 10.7. The number of hydrogen-bond acceptors (Lipinski definition) is 5. The van der Waals surface area contributed by atoms with Gasteiger partial charge in [0, 0.05) is 19.4 Å². The van der Waals surface area contributed by atoms with Crippen molar-refractivity contribution in [3.05, 3.63) is 12.4 Å². The summed E-state index contributed by atoms with van der Waals surface area (Å²) in [5.74, 6) is 0. The highest BCUT2D eigenvalue weighted by atomic mass is 32.2. The number of nitrogens with two attached hydrogens (primary N) is 1. The molecule has 3 N–H and O–H groups in total. The van der Waals surface area contributed by atoms with Gasteiger partial charge in [0.2, 0.25) is 0 Å². The zero-order valence-electron chi connectivity index (χ0n) is 7.87. The Morgan fingerprint density at radius 1 is 1.57 bits per heavy atom. The number of aliphatic hydroxyl groups is 1. The molecule has 0 spiro atoms. The lowest BCUT2D eigenvalue weighted by Crippen LogP contribution is -2.48. The molecular weight excluding hydrogens is 208 g/mol. The number of nitrogens with zero attached hydrogens (tertiary/aromatic N) is 3. The lowest BCUT2D eigenvalue weighted by Gasteiger charge is -2.28. The maximum atomic E-state index is 11.1. The first-order valence-electron chi connectivity index (χ1n) is 4.01. The smallest absolute Gasteiger partial charge is 0.294 e. The standard InChI is InChI=1S/C6H14N4O3S/c1-8-2-3-9(6-8)10(4-5-11)14(7,12)13/h2-3,11H,4-6H2,1H3,(H2,7,12,13). The van der Waals surface area contributed by atoms with Crippen molar-refractivity contribution in [1.29, 1.82) is 0 Å². The van der Waals surface area contributed by atoms with Gasteiger partial charge in [-0.1, -0.05) is 4.41 Å². The molecular formula is C6H14N4O3S.